The molecule has 0 aliphatic carbocycles. The first kappa shape index (κ1) is 12.6. The summed E-state index contributed by atoms with van der Waals surface area (Å²) in [7, 11) is 3.27. The number of hydrogen-bond acceptors (Lipinski definition) is 5. The van der Waals surface area contributed by atoms with Crippen molar-refractivity contribution in [1.82, 2.24) is 10.2 Å². The number of methoxy groups -OCH3 is 2. The minimum atomic E-state index is 0.511. The van der Waals surface area contributed by atoms with Crippen LogP contribution in [0.4, 0.5) is 5.82 Å². The lowest BCUT2D eigenvalue weighted by atomic mass is 10.1. The van der Waals surface area contributed by atoms with Crippen molar-refractivity contribution in [2.45, 2.75) is 4.90 Å². The van der Waals surface area contributed by atoms with Crippen molar-refractivity contribution in [2.24, 2.45) is 0 Å². The molecule has 1 aromatic carbocycles. The molecular formula is C12H15N3O2S. The summed E-state index contributed by atoms with van der Waals surface area (Å²) < 4.78 is 10.8. The topological polar surface area (TPSA) is 73.2 Å². The molecule has 2 aromatic rings. The Labute approximate surface area is 110 Å². The van der Waals surface area contributed by atoms with Crippen molar-refractivity contribution >= 4 is 17.6 Å². The van der Waals surface area contributed by atoms with Gasteiger partial charge in [0.2, 0.25) is 0 Å². The van der Waals surface area contributed by atoms with Gasteiger partial charge in [0.25, 0.3) is 0 Å². The highest BCUT2D eigenvalue weighted by Crippen LogP contribution is 2.44. The van der Waals surface area contributed by atoms with E-state index < -0.39 is 0 Å². The summed E-state index contributed by atoms with van der Waals surface area (Å²) in [5, 5.41) is 6.68. The lowest BCUT2D eigenvalue weighted by Crippen LogP contribution is -1.96. The van der Waals surface area contributed by atoms with Gasteiger partial charge >= 0.3 is 0 Å². The molecule has 0 saturated carbocycles. The second kappa shape index (κ2) is 5.22. The Balaban J connectivity index is 2.73. The van der Waals surface area contributed by atoms with E-state index in [1.807, 2.05) is 18.4 Å². The van der Waals surface area contributed by atoms with Gasteiger partial charge in [-0.05, 0) is 18.4 Å². The zero-order valence-corrected chi connectivity index (χ0v) is 11.3. The van der Waals surface area contributed by atoms with Crippen molar-refractivity contribution in [3.8, 4) is 22.6 Å². The van der Waals surface area contributed by atoms with Gasteiger partial charge in [-0.1, -0.05) is 0 Å². The number of aromatic nitrogens is 2. The number of H-pyrrole nitrogens is 1. The maximum atomic E-state index is 5.89. The first-order valence-corrected chi connectivity index (χ1v) is 6.53. The highest BCUT2D eigenvalue weighted by Gasteiger charge is 2.18. The maximum Gasteiger partial charge on any atom is 0.133 e. The molecule has 2 rings (SSSR count). The predicted octanol–water partition coefficient (Wildman–Crippen LogP) is 2.40. The number of benzene rings is 1. The summed E-state index contributed by atoms with van der Waals surface area (Å²) in [6, 6.07) is 3.74. The van der Waals surface area contributed by atoms with Gasteiger partial charge in [-0.15, -0.1) is 11.8 Å². The normalized spacial score (nSPS) is 10.4. The van der Waals surface area contributed by atoms with Crippen molar-refractivity contribution in [1.29, 1.82) is 0 Å². The standard InChI is InChI=1S/C12H15N3O2S/c1-16-8-4-5-9(17-2)11(18-3)10(8)7-6-14-15-12(7)13/h4-6H,1-3H3,(H3,13,14,15). The third-order valence-electron chi connectivity index (χ3n) is 2.67. The Hall–Kier alpha value is -1.82. The Morgan fingerprint density at radius 3 is 2.39 bits per heavy atom. The van der Waals surface area contributed by atoms with Crippen LogP contribution in [0.3, 0.4) is 0 Å². The van der Waals surface area contributed by atoms with Crippen LogP contribution in [0.25, 0.3) is 11.1 Å². The Morgan fingerprint density at radius 2 is 1.89 bits per heavy atom. The van der Waals surface area contributed by atoms with Gasteiger partial charge in [0.15, 0.2) is 0 Å². The fraction of sp³-hybridized carbons (Fsp3) is 0.250. The van der Waals surface area contributed by atoms with E-state index in [0.29, 0.717) is 5.82 Å². The molecule has 0 saturated heterocycles. The van der Waals surface area contributed by atoms with Crippen LogP contribution in [0, 0.1) is 0 Å². The molecule has 5 nitrogen and oxygen atoms in total. The van der Waals surface area contributed by atoms with Crippen LogP contribution in [0.1, 0.15) is 0 Å². The number of ether oxygens (including phenoxy) is 2. The van der Waals surface area contributed by atoms with E-state index in [1.165, 1.54) is 0 Å². The minimum Gasteiger partial charge on any atom is -0.496 e. The fourth-order valence-corrected chi connectivity index (χ4v) is 2.60. The summed E-state index contributed by atoms with van der Waals surface area (Å²) >= 11 is 1.58. The molecule has 1 aromatic heterocycles. The van der Waals surface area contributed by atoms with Crippen molar-refractivity contribution < 1.29 is 9.47 Å². The second-order valence-electron chi connectivity index (χ2n) is 3.58. The average Bonchev–Trinajstić information content (AvgIpc) is 2.82. The molecule has 0 fully saturated rings. The van der Waals surface area contributed by atoms with Crippen LogP contribution >= 0.6 is 11.8 Å². The molecule has 0 bridgehead atoms. The zero-order chi connectivity index (χ0) is 13.1. The number of anilines is 1. The Morgan fingerprint density at radius 1 is 1.22 bits per heavy atom. The summed E-state index contributed by atoms with van der Waals surface area (Å²) in [4.78, 5) is 0.977. The number of nitrogens with zero attached hydrogens (tertiary/aromatic N) is 1. The van der Waals surface area contributed by atoms with Crippen LogP contribution < -0.4 is 15.2 Å². The molecule has 18 heavy (non-hydrogen) atoms. The largest absolute Gasteiger partial charge is 0.496 e. The zero-order valence-electron chi connectivity index (χ0n) is 10.5. The van der Waals surface area contributed by atoms with E-state index >= 15 is 0 Å². The first-order valence-electron chi connectivity index (χ1n) is 5.31. The van der Waals surface area contributed by atoms with Gasteiger partial charge in [-0.2, -0.15) is 5.10 Å². The molecule has 0 atom stereocenters. The number of thioether (sulfide) groups is 1. The summed E-state index contributed by atoms with van der Waals surface area (Å²) in [5.74, 6) is 2.05. The monoisotopic (exact) mass is 265 g/mol. The first-order chi connectivity index (χ1) is 8.72. The van der Waals surface area contributed by atoms with Crippen LogP contribution in [-0.4, -0.2) is 30.7 Å². The van der Waals surface area contributed by atoms with E-state index in [1.54, 1.807) is 32.2 Å². The Bertz CT molecular complexity index is 554. The van der Waals surface area contributed by atoms with Crippen LogP contribution in [0.15, 0.2) is 23.2 Å². The van der Waals surface area contributed by atoms with Crippen LogP contribution in [0.2, 0.25) is 0 Å². The van der Waals surface area contributed by atoms with E-state index in [0.717, 1.165) is 27.5 Å². The second-order valence-corrected chi connectivity index (χ2v) is 4.39. The molecule has 0 amide bonds. The SMILES string of the molecule is COc1ccc(OC)c(-c2cn[nH]c2N)c1SC. The number of nitrogen functional groups attached to an aromatic ring is 1. The number of nitrogens with two attached hydrogens (primary N) is 1. The van der Waals surface area contributed by atoms with Crippen LogP contribution in [-0.2, 0) is 0 Å². The van der Waals surface area contributed by atoms with Crippen molar-refractivity contribution in [3.05, 3.63) is 18.3 Å². The van der Waals surface area contributed by atoms with E-state index in [4.69, 9.17) is 15.2 Å². The van der Waals surface area contributed by atoms with E-state index in [9.17, 15) is 0 Å². The highest BCUT2D eigenvalue weighted by atomic mass is 32.2. The average molecular weight is 265 g/mol. The molecule has 96 valence electrons. The lowest BCUT2D eigenvalue weighted by Gasteiger charge is -2.15. The smallest absolute Gasteiger partial charge is 0.133 e. The number of aromatic amines is 1. The van der Waals surface area contributed by atoms with Gasteiger partial charge in [-0.3, -0.25) is 5.10 Å². The molecule has 0 aliphatic heterocycles. The molecule has 3 N–H and O–H groups in total. The molecule has 6 heteroatoms. The number of nitrogens with one attached hydrogen (secondary N) is 1. The molecule has 1 heterocycles. The van der Waals surface area contributed by atoms with Gasteiger partial charge < -0.3 is 15.2 Å². The lowest BCUT2D eigenvalue weighted by molar-refractivity contribution is 0.396. The molecule has 0 spiro atoms. The molecule has 0 radical (unpaired) electrons. The highest BCUT2D eigenvalue weighted by molar-refractivity contribution is 7.98. The van der Waals surface area contributed by atoms with Gasteiger partial charge in [0.05, 0.1) is 25.3 Å². The molecular weight excluding hydrogens is 250 g/mol. The predicted molar refractivity (Wildman–Crippen MR) is 73.3 cm³/mol. The summed E-state index contributed by atoms with van der Waals surface area (Å²) in [6.45, 7) is 0. The molecule has 0 aliphatic rings. The minimum absolute atomic E-state index is 0.511. The summed E-state index contributed by atoms with van der Waals surface area (Å²) in [5.41, 5.74) is 7.60. The number of hydrogen-bond donors (Lipinski definition) is 2. The van der Waals surface area contributed by atoms with Gasteiger partial charge in [0, 0.05) is 11.1 Å². The summed E-state index contributed by atoms with van der Waals surface area (Å²) in [6.07, 6.45) is 3.67. The third kappa shape index (κ3) is 1.99. The number of rotatable bonds is 4. The van der Waals surface area contributed by atoms with E-state index in [2.05, 4.69) is 10.2 Å². The van der Waals surface area contributed by atoms with E-state index in [-0.39, 0.29) is 0 Å². The fourth-order valence-electron chi connectivity index (χ4n) is 1.83. The Kier molecular flexibility index (Phi) is 3.66. The van der Waals surface area contributed by atoms with Gasteiger partial charge in [-0.25, -0.2) is 0 Å². The quantitative estimate of drug-likeness (QED) is 0.830. The maximum absolute atomic E-state index is 5.89. The molecule has 0 unspecified atom stereocenters. The third-order valence-corrected chi connectivity index (χ3v) is 3.48. The van der Waals surface area contributed by atoms with Crippen molar-refractivity contribution in [3.63, 3.8) is 0 Å². The van der Waals surface area contributed by atoms with Crippen molar-refractivity contribution in [2.75, 3.05) is 26.2 Å². The van der Waals surface area contributed by atoms with Gasteiger partial charge in [0.1, 0.15) is 17.3 Å². The van der Waals surface area contributed by atoms with Crippen LogP contribution in [0.5, 0.6) is 11.5 Å².